The zero-order valence-corrected chi connectivity index (χ0v) is 21.7. The molecule has 3 aromatic rings. The van der Waals surface area contributed by atoms with Crippen molar-refractivity contribution in [1.82, 2.24) is 10.1 Å². The largest absolute Gasteiger partial charge is 0.497 e. The van der Waals surface area contributed by atoms with Gasteiger partial charge in [-0.25, -0.2) is 8.42 Å². The van der Waals surface area contributed by atoms with E-state index in [1.54, 1.807) is 43.5 Å². The van der Waals surface area contributed by atoms with Gasteiger partial charge in [0.2, 0.25) is 10.0 Å². The lowest BCUT2D eigenvalue weighted by atomic mass is 9.96. The molecule has 3 aromatic carbocycles. The number of sulfonamides is 1. The van der Waals surface area contributed by atoms with Gasteiger partial charge in [-0.3, -0.25) is 0 Å². The highest BCUT2D eigenvalue weighted by Gasteiger charge is 2.33. The smallest absolute Gasteiger partial charge is 0.245 e. The summed E-state index contributed by atoms with van der Waals surface area (Å²) in [5, 5.41) is 5.28. The van der Waals surface area contributed by atoms with Crippen LogP contribution in [0.1, 0.15) is 35.2 Å². The molecular weight excluding hydrogens is 509 g/mol. The first-order valence-corrected chi connectivity index (χ1v) is 13.0. The maximum Gasteiger partial charge on any atom is 0.245 e. The maximum absolute atomic E-state index is 13.6. The van der Waals surface area contributed by atoms with E-state index in [1.165, 1.54) is 7.11 Å². The first kappa shape index (κ1) is 25.3. The molecule has 1 heterocycles. The third-order valence-corrected chi connectivity index (χ3v) is 7.79. The number of ether oxygens (including phenoxy) is 2. The summed E-state index contributed by atoms with van der Waals surface area (Å²) in [6, 6.07) is 16.6. The number of methoxy groups -OCH3 is 2. The Morgan fingerprint density at radius 1 is 1.03 bits per heavy atom. The van der Waals surface area contributed by atoms with E-state index in [-0.39, 0.29) is 16.7 Å². The van der Waals surface area contributed by atoms with Crippen LogP contribution in [0.2, 0.25) is 10.0 Å². The van der Waals surface area contributed by atoms with Crippen molar-refractivity contribution in [2.24, 2.45) is 5.10 Å². The summed E-state index contributed by atoms with van der Waals surface area (Å²) in [5.74, 6) is 0.991. The van der Waals surface area contributed by atoms with Crippen molar-refractivity contribution in [1.29, 1.82) is 0 Å². The molecule has 184 valence electrons. The zero-order chi connectivity index (χ0) is 25.2. The van der Waals surface area contributed by atoms with E-state index < -0.39 is 16.1 Å². The second kappa shape index (κ2) is 10.5. The first-order chi connectivity index (χ1) is 16.7. The summed E-state index contributed by atoms with van der Waals surface area (Å²) in [4.78, 5) is 0.0355. The van der Waals surface area contributed by atoms with Crippen LogP contribution in [0, 0.1) is 6.92 Å². The molecule has 0 spiro atoms. The Bertz CT molecular complexity index is 1360. The van der Waals surface area contributed by atoms with Crippen LogP contribution in [0.25, 0.3) is 0 Å². The van der Waals surface area contributed by atoms with Crippen LogP contribution < -0.4 is 19.6 Å². The lowest BCUT2D eigenvalue weighted by Gasteiger charge is -2.22. The molecule has 0 aromatic heterocycles. The van der Waals surface area contributed by atoms with Crippen LogP contribution in [0.4, 0.5) is 0 Å². The van der Waals surface area contributed by atoms with Gasteiger partial charge in [0.1, 0.15) is 16.4 Å². The standard InChI is InChI=1S/C25H25Cl2N3O4S/c1-15-4-11-23(34-3)24(12-15)35(31,32)30-25(19-10-7-17(26)13-20(19)27)22-14-21(28-29-22)16-5-8-18(33-2)9-6-16/h4-13,21,25,28,30H,14H2,1-3H3. The average Bonchev–Trinajstić information content (AvgIpc) is 3.33. The first-order valence-electron chi connectivity index (χ1n) is 10.8. The Morgan fingerprint density at radius 2 is 1.77 bits per heavy atom. The van der Waals surface area contributed by atoms with E-state index in [1.807, 2.05) is 31.2 Å². The second-order valence-electron chi connectivity index (χ2n) is 8.14. The van der Waals surface area contributed by atoms with E-state index in [9.17, 15) is 8.42 Å². The van der Waals surface area contributed by atoms with E-state index in [0.717, 1.165) is 16.9 Å². The molecule has 10 heteroatoms. The molecule has 35 heavy (non-hydrogen) atoms. The number of hydrogen-bond donors (Lipinski definition) is 2. The molecule has 2 atom stereocenters. The van der Waals surface area contributed by atoms with Gasteiger partial charge in [0.25, 0.3) is 0 Å². The number of benzene rings is 3. The molecule has 2 N–H and O–H groups in total. The summed E-state index contributed by atoms with van der Waals surface area (Å²) < 4.78 is 40.5. The lowest BCUT2D eigenvalue weighted by molar-refractivity contribution is 0.402. The van der Waals surface area contributed by atoms with Crippen LogP contribution in [0.3, 0.4) is 0 Å². The number of aryl methyl sites for hydroxylation is 1. The molecule has 0 saturated heterocycles. The fourth-order valence-electron chi connectivity index (χ4n) is 3.93. The summed E-state index contributed by atoms with van der Waals surface area (Å²) >= 11 is 12.6. The van der Waals surface area contributed by atoms with Crippen molar-refractivity contribution < 1.29 is 17.9 Å². The molecule has 0 saturated carbocycles. The summed E-state index contributed by atoms with van der Waals surface area (Å²) in [6.07, 6.45) is 0.462. The van der Waals surface area contributed by atoms with Gasteiger partial charge >= 0.3 is 0 Å². The molecule has 0 radical (unpaired) electrons. The molecule has 2 unspecified atom stereocenters. The van der Waals surface area contributed by atoms with Gasteiger partial charge in [-0.05, 0) is 60.0 Å². The van der Waals surface area contributed by atoms with E-state index in [2.05, 4.69) is 15.2 Å². The van der Waals surface area contributed by atoms with E-state index in [4.69, 9.17) is 32.7 Å². The number of hydrazone groups is 1. The number of nitrogens with one attached hydrogen (secondary N) is 2. The van der Waals surface area contributed by atoms with Gasteiger partial charge in [0.05, 0.1) is 32.0 Å². The number of nitrogens with zero attached hydrogens (tertiary/aromatic N) is 1. The minimum Gasteiger partial charge on any atom is -0.497 e. The third-order valence-electron chi connectivity index (χ3n) is 5.78. The van der Waals surface area contributed by atoms with E-state index >= 15 is 0 Å². The lowest BCUT2D eigenvalue weighted by Crippen LogP contribution is -2.34. The highest BCUT2D eigenvalue weighted by atomic mass is 35.5. The molecular formula is C25H25Cl2N3O4S. The van der Waals surface area contributed by atoms with E-state index in [0.29, 0.717) is 27.7 Å². The normalized spacial score (nSPS) is 16.4. The summed E-state index contributed by atoms with van der Waals surface area (Å²) in [7, 11) is -0.977. The van der Waals surface area contributed by atoms with Crippen LogP contribution in [-0.2, 0) is 10.0 Å². The number of halogens is 2. The maximum atomic E-state index is 13.6. The molecule has 7 nitrogen and oxygen atoms in total. The molecule has 0 amide bonds. The minimum absolute atomic E-state index is 0.0355. The van der Waals surface area contributed by atoms with Crippen LogP contribution >= 0.6 is 23.2 Å². The molecule has 0 fully saturated rings. The van der Waals surface area contributed by atoms with Gasteiger partial charge in [0.15, 0.2) is 0 Å². The fourth-order valence-corrected chi connectivity index (χ4v) is 5.91. The number of rotatable bonds is 8. The van der Waals surface area contributed by atoms with Crippen LogP contribution in [-0.4, -0.2) is 28.3 Å². The SMILES string of the molecule is COc1ccc(C2CC(C(NS(=O)(=O)c3cc(C)ccc3OC)c3ccc(Cl)cc3Cl)=NN2)cc1. The molecule has 1 aliphatic rings. The predicted molar refractivity (Wildman–Crippen MR) is 138 cm³/mol. The summed E-state index contributed by atoms with van der Waals surface area (Å²) in [6.45, 7) is 1.82. The van der Waals surface area contributed by atoms with Gasteiger partial charge in [0, 0.05) is 16.5 Å². The monoisotopic (exact) mass is 533 g/mol. The highest BCUT2D eigenvalue weighted by Crippen LogP contribution is 2.35. The zero-order valence-electron chi connectivity index (χ0n) is 19.4. The quantitative estimate of drug-likeness (QED) is 0.403. The van der Waals surface area contributed by atoms with Crippen molar-refractivity contribution in [3.8, 4) is 11.5 Å². The fraction of sp³-hybridized carbons (Fsp3) is 0.240. The Kier molecular flexibility index (Phi) is 7.56. The molecule has 4 rings (SSSR count). The van der Waals surface area contributed by atoms with Gasteiger partial charge in [-0.2, -0.15) is 9.82 Å². The van der Waals surface area contributed by atoms with Gasteiger partial charge in [-0.15, -0.1) is 0 Å². The van der Waals surface area contributed by atoms with Gasteiger partial charge < -0.3 is 14.9 Å². The number of hydrogen-bond acceptors (Lipinski definition) is 6. The van der Waals surface area contributed by atoms with Crippen molar-refractivity contribution in [3.63, 3.8) is 0 Å². The Hall–Kier alpha value is -2.78. The molecule has 0 bridgehead atoms. The molecule has 1 aliphatic heterocycles. The van der Waals surface area contributed by atoms with Crippen LogP contribution in [0.5, 0.6) is 11.5 Å². The Morgan fingerprint density at radius 3 is 2.43 bits per heavy atom. The average molecular weight is 534 g/mol. The topological polar surface area (TPSA) is 89.0 Å². The molecule has 0 aliphatic carbocycles. The van der Waals surface area contributed by atoms with Crippen molar-refractivity contribution >= 4 is 38.9 Å². The van der Waals surface area contributed by atoms with Crippen molar-refractivity contribution in [2.75, 3.05) is 14.2 Å². The second-order valence-corrected chi connectivity index (χ2v) is 10.7. The highest BCUT2D eigenvalue weighted by molar-refractivity contribution is 7.89. The van der Waals surface area contributed by atoms with Crippen LogP contribution in [0.15, 0.2) is 70.7 Å². The van der Waals surface area contributed by atoms with Gasteiger partial charge in [-0.1, -0.05) is 47.5 Å². The van der Waals surface area contributed by atoms with Crippen molar-refractivity contribution in [2.45, 2.75) is 30.3 Å². The third kappa shape index (κ3) is 5.56. The Labute approximate surface area is 215 Å². The predicted octanol–water partition coefficient (Wildman–Crippen LogP) is 5.43. The summed E-state index contributed by atoms with van der Waals surface area (Å²) in [5.41, 5.74) is 6.03. The minimum atomic E-state index is -4.02. The van der Waals surface area contributed by atoms with Crippen molar-refractivity contribution in [3.05, 3.63) is 87.4 Å². The Balaban J connectivity index is 1.69.